The van der Waals surface area contributed by atoms with E-state index in [0.717, 1.165) is 0 Å². The number of benzene rings is 1. The Morgan fingerprint density at radius 3 is 2.76 bits per heavy atom. The number of anilines is 1. The van der Waals surface area contributed by atoms with Crippen LogP contribution in [-0.4, -0.2) is 23.5 Å². The van der Waals surface area contributed by atoms with Gasteiger partial charge in [0.25, 0.3) is 11.8 Å². The van der Waals surface area contributed by atoms with E-state index in [4.69, 9.17) is 4.52 Å². The Morgan fingerprint density at radius 2 is 2.10 bits per heavy atom. The first-order valence-electron chi connectivity index (χ1n) is 6.34. The minimum atomic E-state index is -0.434. The van der Waals surface area contributed by atoms with Gasteiger partial charge in [-0.3, -0.25) is 9.59 Å². The van der Waals surface area contributed by atoms with Crippen molar-refractivity contribution in [3.05, 3.63) is 60.0 Å². The van der Waals surface area contributed by atoms with Crippen LogP contribution in [0.25, 0.3) is 0 Å². The lowest BCUT2D eigenvalue weighted by atomic mass is 10.1. The smallest absolute Gasteiger partial charge is 0.277 e. The van der Waals surface area contributed by atoms with E-state index in [0.29, 0.717) is 23.6 Å². The molecule has 21 heavy (non-hydrogen) atoms. The number of carbonyl (C=O) groups excluding carboxylic acids is 2. The van der Waals surface area contributed by atoms with Gasteiger partial charge in [-0.15, -0.1) is 6.58 Å². The van der Waals surface area contributed by atoms with Gasteiger partial charge in [0.1, 0.15) is 5.76 Å². The SMILES string of the molecule is C=CCNC(=O)c1ccccc1NC(=O)c1cc(C)on1. The molecule has 2 aromatic rings. The molecule has 0 aliphatic heterocycles. The predicted octanol–water partition coefficient (Wildman–Crippen LogP) is 2.15. The third-order valence-corrected chi connectivity index (χ3v) is 2.69. The lowest BCUT2D eigenvalue weighted by molar-refractivity contribution is 0.0959. The van der Waals surface area contributed by atoms with Gasteiger partial charge in [0.15, 0.2) is 5.69 Å². The molecule has 2 N–H and O–H groups in total. The van der Waals surface area contributed by atoms with Gasteiger partial charge in [0.2, 0.25) is 0 Å². The molecule has 1 aromatic carbocycles. The van der Waals surface area contributed by atoms with Gasteiger partial charge in [0.05, 0.1) is 11.3 Å². The molecule has 0 bridgehead atoms. The first kappa shape index (κ1) is 14.5. The highest BCUT2D eigenvalue weighted by Crippen LogP contribution is 2.16. The summed E-state index contributed by atoms with van der Waals surface area (Å²) in [4.78, 5) is 24.0. The van der Waals surface area contributed by atoms with Crippen LogP contribution in [0.3, 0.4) is 0 Å². The van der Waals surface area contributed by atoms with Crippen molar-refractivity contribution in [2.45, 2.75) is 6.92 Å². The summed E-state index contributed by atoms with van der Waals surface area (Å²) in [6.07, 6.45) is 1.58. The van der Waals surface area contributed by atoms with E-state index in [9.17, 15) is 9.59 Å². The fraction of sp³-hybridized carbons (Fsp3) is 0.133. The topological polar surface area (TPSA) is 84.2 Å². The van der Waals surface area contributed by atoms with Crippen molar-refractivity contribution < 1.29 is 14.1 Å². The molecule has 0 saturated heterocycles. The first-order valence-corrected chi connectivity index (χ1v) is 6.34. The van der Waals surface area contributed by atoms with Crippen molar-refractivity contribution in [1.29, 1.82) is 0 Å². The van der Waals surface area contributed by atoms with Crippen molar-refractivity contribution >= 4 is 17.5 Å². The molecular weight excluding hydrogens is 270 g/mol. The standard InChI is InChI=1S/C15H15N3O3/c1-3-8-16-14(19)11-6-4-5-7-12(11)17-15(20)13-9-10(2)21-18-13/h3-7,9H,1,8H2,2H3,(H,16,19)(H,17,20). The molecular formula is C15H15N3O3. The maximum atomic E-state index is 12.0. The molecule has 6 nitrogen and oxygen atoms in total. The highest BCUT2D eigenvalue weighted by molar-refractivity contribution is 6.08. The predicted molar refractivity (Wildman–Crippen MR) is 78.2 cm³/mol. The van der Waals surface area contributed by atoms with Crippen LogP contribution in [-0.2, 0) is 0 Å². The number of rotatable bonds is 5. The van der Waals surface area contributed by atoms with Gasteiger partial charge >= 0.3 is 0 Å². The largest absolute Gasteiger partial charge is 0.361 e. The van der Waals surface area contributed by atoms with E-state index in [2.05, 4.69) is 22.4 Å². The fourth-order valence-electron chi connectivity index (χ4n) is 1.71. The van der Waals surface area contributed by atoms with Gasteiger partial charge in [-0.25, -0.2) is 0 Å². The molecule has 0 radical (unpaired) electrons. The molecule has 0 aliphatic carbocycles. The zero-order valence-corrected chi connectivity index (χ0v) is 11.6. The van der Waals surface area contributed by atoms with Crippen molar-refractivity contribution in [1.82, 2.24) is 10.5 Å². The van der Waals surface area contributed by atoms with Crippen LogP contribution >= 0.6 is 0 Å². The third-order valence-electron chi connectivity index (χ3n) is 2.69. The number of nitrogens with one attached hydrogen (secondary N) is 2. The van der Waals surface area contributed by atoms with Crippen LogP contribution in [0.1, 0.15) is 26.6 Å². The number of nitrogens with zero attached hydrogens (tertiary/aromatic N) is 1. The molecule has 108 valence electrons. The van der Waals surface area contributed by atoms with E-state index < -0.39 is 5.91 Å². The number of aryl methyl sites for hydroxylation is 1. The normalized spacial score (nSPS) is 9.95. The summed E-state index contributed by atoms with van der Waals surface area (Å²) in [6, 6.07) is 8.25. The number of hydrogen-bond donors (Lipinski definition) is 2. The average Bonchev–Trinajstić information content (AvgIpc) is 2.92. The van der Waals surface area contributed by atoms with Gasteiger partial charge in [-0.2, -0.15) is 0 Å². The molecule has 0 unspecified atom stereocenters. The monoisotopic (exact) mass is 285 g/mol. The highest BCUT2D eigenvalue weighted by atomic mass is 16.5. The second-order valence-corrected chi connectivity index (χ2v) is 4.32. The molecule has 1 heterocycles. The summed E-state index contributed by atoms with van der Waals surface area (Å²) < 4.78 is 4.85. The van der Waals surface area contributed by atoms with Crippen LogP contribution in [0.15, 0.2) is 47.5 Å². The van der Waals surface area contributed by atoms with E-state index in [1.165, 1.54) is 6.07 Å². The number of carbonyl (C=O) groups is 2. The first-order chi connectivity index (χ1) is 10.1. The molecule has 0 spiro atoms. The van der Waals surface area contributed by atoms with Crippen molar-refractivity contribution in [2.24, 2.45) is 0 Å². The summed E-state index contributed by atoms with van der Waals surface area (Å²) in [5, 5.41) is 8.95. The Balaban J connectivity index is 2.18. The van der Waals surface area contributed by atoms with Crippen molar-refractivity contribution in [3.8, 4) is 0 Å². The average molecular weight is 285 g/mol. The Hall–Kier alpha value is -2.89. The van der Waals surface area contributed by atoms with Crippen LogP contribution in [0, 0.1) is 6.92 Å². The molecule has 0 fully saturated rings. The van der Waals surface area contributed by atoms with E-state index in [-0.39, 0.29) is 11.6 Å². The second-order valence-electron chi connectivity index (χ2n) is 4.32. The molecule has 0 saturated carbocycles. The molecule has 2 amide bonds. The van der Waals surface area contributed by atoms with Gasteiger partial charge in [0, 0.05) is 12.6 Å². The van der Waals surface area contributed by atoms with Gasteiger partial charge < -0.3 is 15.2 Å². The van der Waals surface area contributed by atoms with Crippen LogP contribution in [0.4, 0.5) is 5.69 Å². The number of para-hydroxylation sites is 1. The zero-order valence-electron chi connectivity index (χ0n) is 11.6. The number of amides is 2. The Morgan fingerprint density at radius 1 is 1.33 bits per heavy atom. The van der Waals surface area contributed by atoms with Crippen LogP contribution in [0.5, 0.6) is 0 Å². The Bertz CT molecular complexity index is 676. The van der Waals surface area contributed by atoms with Crippen LogP contribution in [0.2, 0.25) is 0 Å². The van der Waals surface area contributed by atoms with E-state index in [1.807, 2.05) is 0 Å². The second kappa shape index (κ2) is 6.51. The van der Waals surface area contributed by atoms with E-state index in [1.54, 1.807) is 37.3 Å². The molecule has 6 heteroatoms. The summed E-state index contributed by atoms with van der Waals surface area (Å²) in [5.74, 6) is -0.185. The summed E-state index contributed by atoms with van der Waals surface area (Å²) in [6.45, 7) is 5.58. The molecule has 0 aliphatic rings. The quantitative estimate of drug-likeness (QED) is 0.824. The van der Waals surface area contributed by atoms with Crippen molar-refractivity contribution in [2.75, 3.05) is 11.9 Å². The summed E-state index contributed by atoms with van der Waals surface area (Å²) in [5.41, 5.74) is 0.937. The van der Waals surface area contributed by atoms with Gasteiger partial charge in [-0.05, 0) is 19.1 Å². The highest BCUT2D eigenvalue weighted by Gasteiger charge is 2.15. The zero-order chi connectivity index (χ0) is 15.2. The minimum Gasteiger partial charge on any atom is -0.361 e. The van der Waals surface area contributed by atoms with Crippen molar-refractivity contribution in [3.63, 3.8) is 0 Å². The maximum Gasteiger partial charge on any atom is 0.277 e. The van der Waals surface area contributed by atoms with Gasteiger partial charge in [-0.1, -0.05) is 23.4 Å². The van der Waals surface area contributed by atoms with E-state index >= 15 is 0 Å². The maximum absolute atomic E-state index is 12.0. The summed E-state index contributed by atoms with van der Waals surface area (Å²) in [7, 11) is 0. The summed E-state index contributed by atoms with van der Waals surface area (Å²) >= 11 is 0. The molecule has 2 rings (SSSR count). The number of aromatic nitrogens is 1. The molecule has 1 aromatic heterocycles. The fourth-order valence-corrected chi connectivity index (χ4v) is 1.71. The third kappa shape index (κ3) is 3.56. The lowest BCUT2D eigenvalue weighted by Gasteiger charge is -2.09. The Kier molecular flexibility index (Phi) is 4.50. The lowest BCUT2D eigenvalue weighted by Crippen LogP contribution is -2.25. The minimum absolute atomic E-state index is 0.161. The Labute approximate surface area is 121 Å². The van der Waals surface area contributed by atoms with Crippen LogP contribution < -0.4 is 10.6 Å². The molecule has 0 atom stereocenters. The number of hydrogen-bond acceptors (Lipinski definition) is 4.